The van der Waals surface area contributed by atoms with Gasteiger partial charge in [-0.1, -0.05) is 50.1 Å². The number of ether oxygens (including phenoxy) is 1. The molecule has 2 bridgehead atoms. The van der Waals surface area contributed by atoms with E-state index in [0.717, 1.165) is 24.9 Å². The molecule has 8 heteroatoms. The number of benzene rings is 1. The summed E-state index contributed by atoms with van der Waals surface area (Å²) in [4.78, 5) is 47.3. The predicted octanol–water partition coefficient (Wildman–Crippen LogP) is 3.17. The van der Waals surface area contributed by atoms with Crippen LogP contribution in [-0.4, -0.2) is 82.7 Å². The van der Waals surface area contributed by atoms with Gasteiger partial charge in [0.1, 0.15) is 11.6 Å². The highest BCUT2D eigenvalue weighted by Gasteiger charge is 2.75. The highest BCUT2D eigenvalue weighted by molar-refractivity contribution is 6.03. The molecule has 1 N–H and O–H groups in total. The third kappa shape index (κ3) is 4.69. The molecule has 0 aromatic heterocycles. The number of hydrogen-bond acceptors (Lipinski definition) is 5. The minimum Gasteiger partial charge on any atom is -0.394 e. The highest BCUT2D eigenvalue weighted by Crippen LogP contribution is 2.59. The van der Waals surface area contributed by atoms with Crippen LogP contribution >= 0.6 is 0 Å². The molecule has 2 unspecified atom stereocenters. The fourth-order valence-corrected chi connectivity index (χ4v) is 6.63. The third-order valence-corrected chi connectivity index (χ3v) is 8.33. The van der Waals surface area contributed by atoms with Crippen LogP contribution in [-0.2, 0) is 19.1 Å². The number of aliphatic hydroxyl groups excluding tert-OH is 1. The summed E-state index contributed by atoms with van der Waals surface area (Å²) in [5.74, 6) is -2.18. The molecule has 3 amide bonds. The van der Waals surface area contributed by atoms with Gasteiger partial charge in [0.25, 0.3) is 0 Å². The zero-order valence-corrected chi connectivity index (χ0v) is 22.6. The molecule has 206 valence electrons. The van der Waals surface area contributed by atoms with Crippen molar-refractivity contribution in [2.45, 2.75) is 69.7 Å². The molecule has 4 rings (SSSR count). The monoisotopic (exact) mass is 523 g/mol. The second-order valence-corrected chi connectivity index (χ2v) is 10.7. The van der Waals surface area contributed by atoms with E-state index < -0.39 is 35.6 Å². The maximum atomic E-state index is 14.2. The van der Waals surface area contributed by atoms with Gasteiger partial charge in [0, 0.05) is 25.3 Å². The number of aliphatic hydroxyl groups is 1. The van der Waals surface area contributed by atoms with E-state index in [9.17, 15) is 19.5 Å². The second kappa shape index (κ2) is 11.8. The van der Waals surface area contributed by atoms with Gasteiger partial charge in [0.15, 0.2) is 0 Å². The average Bonchev–Trinajstić information content (AvgIpc) is 3.58. The first-order valence-corrected chi connectivity index (χ1v) is 13.8. The van der Waals surface area contributed by atoms with Gasteiger partial charge in [-0.05, 0) is 38.3 Å². The van der Waals surface area contributed by atoms with Crippen molar-refractivity contribution in [3.63, 3.8) is 0 Å². The average molecular weight is 524 g/mol. The van der Waals surface area contributed by atoms with Crippen molar-refractivity contribution < 1.29 is 24.2 Å². The molecule has 0 saturated carbocycles. The van der Waals surface area contributed by atoms with E-state index in [0.29, 0.717) is 32.5 Å². The van der Waals surface area contributed by atoms with E-state index in [-0.39, 0.29) is 24.3 Å². The zero-order valence-electron chi connectivity index (χ0n) is 22.6. The molecule has 3 aliphatic heterocycles. The Labute approximate surface area is 225 Å². The van der Waals surface area contributed by atoms with Gasteiger partial charge in [-0.3, -0.25) is 14.4 Å². The lowest BCUT2D eigenvalue weighted by atomic mass is 9.70. The summed E-state index contributed by atoms with van der Waals surface area (Å²) >= 11 is 0. The molecule has 38 heavy (non-hydrogen) atoms. The van der Waals surface area contributed by atoms with Crippen LogP contribution in [0.25, 0.3) is 0 Å². The fraction of sp³-hybridized carbons (Fsp3) is 0.567. The quantitative estimate of drug-likeness (QED) is 0.317. The summed E-state index contributed by atoms with van der Waals surface area (Å²) in [6.07, 6.45) is 6.90. The molecule has 8 nitrogen and oxygen atoms in total. The van der Waals surface area contributed by atoms with Crippen LogP contribution in [0.5, 0.6) is 0 Å². The number of amides is 3. The summed E-state index contributed by atoms with van der Waals surface area (Å²) < 4.78 is 6.57. The van der Waals surface area contributed by atoms with Crippen molar-refractivity contribution >= 4 is 23.4 Å². The highest BCUT2D eigenvalue weighted by atomic mass is 16.5. The van der Waals surface area contributed by atoms with Crippen LogP contribution in [0.2, 0.25) is 0 Å². The minimum absolute atomic E-state index is 0.197. The van der Waals surface area contributed by atoms with Crippen LogP contribution in [0.3, 0.4) is 0 Å². The second-order valence-electron chi connectivity index (χ2n) is 10.7. The molecule has 3 heterocycles. The van der Waals surface area contributed by atoms with Crippen LogP contribution in [0.15, 0.2) is 55.6 Å². The van der Waals surface area contributed by atoms with Crippen LogP contribution < -0.4 is 4.90 Å². The van der Waals surface area contributed by atoms with Gasteiger partial charge in [-0.25, -0.2) is 0 Å². The van der Waals surface area contributed by atoms with Gasteiger partial charge >= 0.3 is 0 Å². The molecular weight excluding hydrogens is 482 g/mol. The Bertz CT molecular complexity index is 1050. The number of hydrogen-bond donors (Lipinski definition) is 1. The SMILES string of the molecule is C=CCN(CCCCC)C(=O)C1N([C@H](C)CO)C(=O)[C@@H]2[C@@H](C(=O)N(CC=C)c3ccccc3)[C@H]3CCC12O3. The number of rotatable bonds is 13. The number of unbranched alkanes of at least 4 members (excludes halogenated alkanes) is 2. The Morgan fingerprint density at radius 1 is 1.18 bits per heavy atom. The smallest absolute Gasteiger partial charge is 0.248 e. The number of anilines is 1. The first-order chi connectivity index (χ1) is 18.4. The Morgan fingerprint density at radius 3 is 2.53 bits per heavy atom. The van der Waals surface area contributed by atoms with Crippen LogP contribution in [0.4, 0.5) is 5.69 Å². The van der Waals surface area contributed by atoms with Crippen molar-refractivity contribution in [2.75, 3.05) is 31.1 Å². The fourth-order valence-electron chi connectivity index (χ4n) is 6.63. The van der Waals surface area contributed by atoms with Crippen molar-refractivity contribution in [1.82, 2.24) is 9.80 Å². The van der Waals surface area contributed by atoms with E-state index in [1.165, 1.54) is 4.90 Å². The first kappa shape index (κ1) is 28.0. The molecular formula is C30H41N3O5. The van der Waals surface area contributed by atoms with E-state index >= 15 is 0 Å². The maximum Gasteiger partial charge on any atom is 0.248 e. The molecule has 3 fully saturated rings. The maximum absolute atomic E-state index is 14.2. The van der Waals surface area contributed by atoms with Gasteiger partial charge < -0.3 is 24.5 Å². The van der Waals surface area contributed by atoms with E-state index in [1.807, 2.05) is 30.3 Å². The summed E-state index contributed by atoms with van der Waals surface area (Å²) in [7, 11) is 0. The molecule has 1 aromatic rings. The summed E-state index contributed by atoms with van der Waals surface area (Å²) in [5, 5.41) is 10.1. The Balaban J connectivity index is 1.72. The predicted molar refractivity (Wildman–Crippen MR) is 146 cm³/mol. The molecule has 3 aliphatic rings. The first-order valence-electron chi connectivity index (χ1n) is 13.8. The van der Waals surface area contributed by atoms with E-state index in [1.54, 1.807) is 28.9 Å². The molecule has 6 atom stereocenters. The standard InChI is InChI=1S/C30H41N3O5/c1-5-8-12-19-31(17-6-2)29(37)26-30-16-15-23(38-30)24(25(30)28(36)33(26)21(4)20-34)27(35)32(18-7-3)22-13-10-9-11-14-22/h6-7,9-11,13-14,21,23-26,34H,2-3,5,8,12,15-20H2,1,4H3/t21-,23-,24+,25+,26?,30?/m1/s1. The molecule has 1 spiro atoms. The Kier molecular flexibility index (Phi) is 8.73. The minimum atomic E-state index is -1.09. The van der Waals surface area contributed by atoms with Crippen molar-refractivity contribution in [2.24, 2.45) is 11.8 Å². The number of nitrogens with zero attached hydrogens (tertiary/aromatic N) is 3. The Hall–Kier alpha value is -2.97. The van der Waals surface area contributed by atoms with Crippen molar-refractivity contribution in [3.05, 3.63) is 55.6 Å². The number of para-hydroxylation sites is 1. The number of fused-ring (bicyclic) bond motifs is 1. The van der Waals surface area contributed by atoms with Crippen LogP contribution in [0.1, 0.15) is 46.0 Å². The topological polar surface area (TPSA) is 90.4 Å². The third-order valence-electron chi connectivity index (χ3n) is 8.33. The number of carbonyl (C=O) groups is 3. The molecule has 1 aromatic carbocycles. The number of carbonyl (C=O) groups excluding carboxylic acids is 3. The summed E-state index contributed by atoms with van der Waals surface area (Å²) in [6.45, 7) is 12.4. The number of likely N-dealkylation sites (tertiary alicyclic amines) is 1. The largest absolute Gasteiger partial charge is 0.394 e. The van der Waals surface area contributed by atoms with Crippen molar-refractivity contribution in [1.29, 1.82) is 0 Å². The van der Waals surface area contributed by atoms with Crippen LogP contribution in [0, 0.1) is 11.8 Å². The normalized spacial score (nSPS) is 28.2. The summed E-state index contributed by atoms with van der Waals surface area (Å²) in [5.41, 5.74) is -0.371. The zero-order chi connectivity index (χ0) is 27.4. The lowest BCUT2D eigenvalue weighted by Crippen LogP contribution is -2.58. The van der Waals surface area contributed by atoms with Gasteiger partial charge in [-0.15, -0.1) is 13.2 Å². The summed E-state index contributed by atoms with van der Waals surface area (Å²) in [6, 6.07) is 7.85. The van der Waals surface area contributed by atoms with E-state index in [4.69, 9.17) is 4.74 Å². The van der Waals surface area contributed by atoms with Gasteiger partial charge in [0.05, 0.1) is 30.6 Å². The molecule has 0 radical (unpaired) electrons. The van der Waals surface area contributed by atoms with Gasteiger partial charge in [-0.2, -0.15) is 0 Å². The lowest BCUT2D eigenvalue weighted by Gasteiger charge is -2.38. The lowest BCUT2D eigenvalue weighted by molar-refractivity contribution is -0.150. The van der Waals surface area contributed by atoms with Gasteiger partial charge in [0.2, 0.25) is 17.7 Å². The molecule has 0 aliphatic carbocycles. The Morgan fingerprint density at radius 2 is 1.89 bits per heavy atom. The van der Waals surface area contributed by atoms with E-state index in [2.05, 4.69) is 20.1 Å². The van der Waals surface area contributed by atoms with Crippen molar-refractivity contribution in [3.8, 4) is 0 Å². The molecule has 3 saturated heterocycles.